The summed E-state index contributed by atoms with van der Waals surface area (Å²) >= 11 is 0. The lowest BCUT2D eigenvalue weighted by Gasteiger charge is -2.37. The van der Waals surface area contributed by atoms with Crippen LogP contribution >= 0.6 is 0 Å². The highest BCUT2D eigenvalue weighted by molar-refractivity contribution is 4.96. The average Bonchev–Trinajstić information content (AvgIpc) is 2.71. The molecule has 0 saturated heterocycles. The lowest BCUT2D eigenvalue weighted by Crippen LogP contribution is -2.58. The molecule has 0 aliphatic carbocycles. The quantitative estimate of drug-likeness (QED) is 0.0980. The van der Waals surface area contributed by atoms with Gasteiger partial charge in [-0.3, -0.25) is 0 Å². The minimum absolute atomic E-state index is 0.0818. The van der Waals surface area contributed by atoms with Gasteiger partial charge in [-0.2, -0.15) is 70.2 Å². The third-order valence-corrected chi connectivity index (χ3v) is 5.75. The van der Waals surface area contributed by atoms with Crippen molar-refractivity contribution in [2.75, 3.05) is 0 Å². The van der Waals surface area contributed by atoms with Gasteiger partial charge in [0.05, 0.1) is 12.8 Å². The van der Waals surface area contributed by atoms with Crippen molar-refractivity contribution in [1.29, 1.82) is 0 Å². The maximum absolute atomic E-state index is 13.8. The Morgan fingerprint density at radius 2 is 0.641 bits per heavy atom. The van der Waals surface area contributed by atoms with Crippen molar-refractivity contribution in [2.24, 2.45) is 0 Å². The van der Waals surface area contributed by atoms with Crippen LogP contribution in [0.25, 0.3) is 0 Å². The molecule has 0 aromatic rings. The standard InChI is InChI=1S/C22H30F16O/c1-3-5-7-9-11-15(23,24)17(27,28)13-19(31,32)21(35,36)39-22(37,38)20(33,34)14-18(29,30)16(25,26)12-10-8-6-4-2/h3-14H2,1-2H3. The van der Waals surface area contributed by atoms with Gasteiger partial charge in [-0.1, -0.05) is 52.4 Å². The molecule has 0 aliphatic rings. The van der Waals surface area contributed by atoms with Crippen molar-refractivity contribution in [3.8, 4) is 0 Å². The smallest absolute Gasteiger partial charge is 0.246 e. The van der Waals surface area contributed by atoms with Gasteiger partial charge in [0, 0.05) is 12.8 Å². The number of alkyl halides is 16. The summed E-state index contributed by atoms with van der Waals surface area (Å²) < 4.78 is 222. The summed E-state index contributed by atoms with van der Waals surface area (Å²) in [6.45, 7) is 3.19. The highest BCUT2D eigenvalue weighted by Crippen LogP contribution is 2.54. The van der Waals surface area contributed by atoms with Gasteiger partial charge in [-0.25, -0.2) is 4.74 Å². The third-order valence-electron chi connectivity index (χ3n) is 5.75. The molecule has 17 heteroatoms. The molecule has 0 rings (SSSR count). The molecule has 39 heavy (non-hydrogen) atoms. The minimum atomic E-state index is -7.06. The highest BCUT2D eigenvalue weighted by Gasteiger charge is 2.74. The molecular formula is C22H30F16O. The normalized spacial score (nSPS) is 15.2. The van der Waals surface area contributed by atoms with E-state index >= 15 is 0 Å². The first kappa shape index (κ1) is 37.8. The number of halogens is 16. The molecule has 0 aliphatic heterocycles. The van der Waals surface area contributed by atoms with E-state index in [2.05, 4.69) is 0 Å². The fourth-order valence-corrected chi connectivity index (χ4v) is 3.25. The Kier molecular flexibility index (Phi) is 12.8. The summed E-state index contributed by atoms with van der Waals surface area (Å²) in [5.74, 6) is -36.0. The Labute approximate surface area is 214 Å². The highest BCUT2D eigenvalue weighted by atomic mass is 19.4. The average molecular weight is 614 g/mol. The molecule has 236 valence electrons. The largest absolute Gasteiger partial charge is 0.424 e. The van der Waals surface area contributed by atoms with Crippen molar-refractivity contribution in [2.45, 2.75) is 139 Å². The maximum atomic E-state index is 13.8. The molecule has 0 bridgehead atoms. The second-order valence-corrected chi connectivity index (χ2v) is 9.34. The topological polar surface area (TPSA) is 9.23 Å². The molecule has 0 radical (unpaired) electrons. The van der Waals surface area contributed by atoms with Gasteiger partial charge >= 0.3 is 47.8 Å². The van der Waals surface area contributed by atoms with Crippen LogP contribution in [-0.2, 0) is 4.74 Å². The van der Waals surface area contributed by atoms with Crippen LogP contribution < -0.4 is 0 Å². The van der Waals surface area contributed by atoms with E-state index in [-0.39, 0.29) is 25.7 Å². The van der Waals surface area contributed by atoms with Crippen LogP contribution in [0.15, 0.2) is 0 Å². The lowest BCUT2D eigenvalue weighted by molar-refractivity contribution is -0.477. The van der Waals surface area contributed by atoms with Crippen LogP contribution in [0.3, 0.4) is 0 Å². The number of rotatable bonds is 20. The fraction of sp³-hybridized carbons (Fsp3) is 1.00. The summed E-state index contributed by atoms with van der Waals surface area (Å²) in [6, 6.07) is 0. The van der Waals surface area contributed by atoms with Gasteiger partial charge in [0.25, 0.3) is 0 Å². The van der Waals surface area contributed by atoms with E-state index in [9.17, 15) is 70.2 Å². The van der Waals surface area contributed by atoms with Crippen LogP contribution in [0.5, 0.6) is 0 Å². The van der Waals surface area contributed by atoms with Crippen LogP contribution in [0.1, 0.15) is 90.9 Å². The van der Waals surface area contributed by atoms with E-state index in [1.165, 1.54) is 0 Å². The number of hydrogen-bond acceptors (Lipinski definition) is 1. The summed E-state index contributed by atoms with van der Waals surface area (Å²) in [4.78, 5) is 0. The van der Waals surface area contributed by atoms with Crippen LogP contribution in [-0.4, -0.2) is 47.8 Å². The van der Waals surface area contributed by atoms with E-state index in [1.54, 1.807) is 13.8 Å². The molecule has 0 atom stereocenters. The third kappa shape index (κ3) is 10.0. The van der Waals surface area contributed by atoms with Gasteiger partial charge in [-0.05, 0) is 12.8 Å². The molecule has 0 saturated carbocycles. The predicted molar refractivity (Wildman–Crippen MR) is 107 cm³/mol. The van der Waals surface area contributed by atoms with Crippen LogP contribution in [0.4, 0.5) is 70.2 Å². The second kappa shape index (κ2) is 13.2. The van der Waals surface area contributed by atoms with Crippen molar-refractivity contribution < 1.29 is 75.0 Å². The molecule has 0 spiro atoms. The van der Waals surface area contributed by atoms with Gasteiger partial charge < -0.3 is 0 Å². The minimum Gasteiger partial charge on any atom is -0.246 e. The monoisotopic (exact) mass is 614 g/mol. The maximum Gasteiger partial charge on any atom is 0.424 e. The Hall–Kier alpha value is -1.16. The Bertz CT molecular complexity index is 676. The number of unbranched alkanes of at least 4 members (excludes halogenated alkanes) is 6. The van der Waals surface area contributed by atoms with Crippen LogP contribution in [0, 0.1) is 0 Å². The summed E-state index contributed by atoms with van der Waals surface area (Å²) in [5.41, 5.74) is 0. The van der Waals surface area contributed by atoms with E-state index in [1.807, 2.05) is 4.74 Å². The van der Waals surface area contributed by atoms with E-state index in [0.29, 0.717) is 12.8 Å². The first-order valence-electron chi connectivity index (χ1n) is 12.0. The molecule has 0 fully saturated rings. The molecule has 0 unspecified atom stereocenters. The van der Waals surface area contributed by atoms with Crippen molar-refractivity contribution in [3.05, 3.63) is 0 Å². The van der Waals surface area contributed by atoms with Crippen molar-refractivity contribution >= 4 is 0 Å². The summed E-state index contributed by atoms with van der Waals surface area (Å²) in [5, 5.41) is 0. The number of hydrogen-bond donors (Lipinski definition) is 0. The number of ether oxygens (including phenoxy) is 1. The van der Waals surface area contributed by atoms with Gasteiger partial charge in [0.15, 0.2) is 0 Å². The summed E-state index contributed by atoms with van der Waals surface area (Å²) in [7, 11) is 0. The lowest BCUT2D eigenvalue weighted by atomic mass is 9.97. The zero-order valence-electron chi connectivity index (χ0n) is 20.9. The van der Waals surface area contributed by atoms with E-state index in [4.69, 9.17) is 0 Å². The predicted octanol–water partition coefficient (Wildman–Crippen LogP) is 10.7. The Balaban J connectivity index is 5.71. The Morgan fingerprint density at radius 1 is 0.359 bits per heavy atom. The van der Waals surface area contributed by atoms with Gasteiger partial charge in [-0.15, -0.1) is 0 Å². The molecule has 0 aromatic carbocycles. The second-order valence-electron chi connectivity index (χ2n) is 9.34. The molecule has 0 amide bonds. The first-order valence-corrected chi connectivity index (χ1v) is 12.0. The first-order chi connectivity index (χ1) is 17.2. The zero-order valence-corrected chi connectivity index (χ0v) is 20.9. The van der Waals surface area contributed by atoms with E-state index in [0.717, 1.165) is 0 Å². The molecule has 1 nitrogen and oxygen atoms in total. The van der Waals surface area contributed by atoms with Gasteiger partial charge in [0.1, 0.15) is 0 Å². The molecule has 0 aromatic heterocycles. The Morgan fingerprint density at radius 3 is 0.897 bits per heavy atom. The van der Waals surface area contributed by atoms with Gasteiger partial charge in [0.2, 0.25) is 0 Å². The molecule has 0 N–H and O–H groups in total. The SMILES string of the molecule is CCCCCCC(F)(F)C(F)(F)CC(F)(F)C(F)(F)OC(F)(F)C(F)(F)CC(F)(F)C(F)(F)CCCCCC. The van der Waals surface area contributed by atoms with E-state index < -0.39 is 86.3 Å². The summed E-state index contributed by atoms with van der Waals surface area (Å²) in [6.07, 6.45) is -25.5. The molecule has 0 heterocycles. The van der Waals surface area contributed by atoms with Crippen LogP contribution in [0.2, 0.25) is 0 Å². The fourth-order valence-electron chi connectivity index (χ4n) is 3.25. The van der Waals surface area contributed by atoms with Crippen molar-refractivity contribution in [1.82, 2.24) is 0 Å². The zero-order chi connectivity index (χ0) is 31.2. The van der Waals surface area contributed by atoms with Crippen molar-refractivity contribution in [3.63, 3.8) is 0 Å². The molecular weight excluding hydrogens is 584 g/mol.